The van der Waals surface area contributed by atoms with E-state index in [9.17, 15) is 13.2 Å². The highest BCUT2D eigenvalue weighted by atomic mass is 35.5. The van der Waals surface area contributed by atoms with E-state index >= 15 is 0 Å². The van der Waals surface area contributed by atoms with Crippen molar-refractivity contribution in [2.75, 3.05) is 5.32 Å². The van der Waals surface area contributed by atoms with Crippen LogP contribution in [-0.4, -0.2) is 12.2 Å². The summed E-state index contributed by atoms with van der Waals surface area (Å²) in [5, 5.41) is 3.39. The average Bonchev–Trinajstić information content (AvgIpc) is 2.06. The van der Waals surface area contributed by atoms with Crippen LogP contribution in [0.2, 0.25) is 5.02 Å². The number of aryl methyl sites for hydroxylation is 1. The van der Waals surface area contributed by atoms with E-state index in [0.717, 1.165) is 5.56 Å². The van der Waals surface area contributed by atoms with Gasteiger partial charge in [0.1, 0.15) is 0 Å². The smallest absolute Gasteiger partial charge is 0.382 e. The number of benzene rings is 1. The second-order valence-corrected chi connectivity index (χ2v) is 4.26. The Kier molecular flexibility index (Phi) is 4.08. The van der Waals surface area contributed by atoms with E-state index in [1.54, 1.807) is 25.1 Å². The van der Waals surface area contributed by atoms with Crippen molar-refractivity contribution in [1.82, 2.24) is 0 Å². The lowest BCUT2D eigenvalue weighted by atomic mass is 10.1. The monoisotopic (exact) mass is 251 g/mol. The Morgan fingerprint density at radius 3 is 2.50 bits per heavy atom. The first-order valence-electron chi connectivity index (χ1n) is 4.87. The molecular weight excluding hydrogens is 239 g/mol. The maximum atomic E-state index is 12.1. The lowest BCUT2D eigenvalue weighted by Crippen LogP contribution is -2.24. The summed E-state index contributed by atoms with van der Waals surface area (Å²) < 4.78 is 36.3. The van der Waals surface area contributed by atoms with Crippen molar-refractivity contribution in [3.05, 3.63) is 28.8 Å². The van der Waals surface area contributed by atoms with Crippen LogP contribution in [-0.2, 0) is 0 Å². The van der Waals surface area contributed by atoms with Crippen molar-refractivity contribution in [2.24, 2.45) is 0 Å². The minimum Gasteiger partial charge on any atom is -0.382 e. The van der Waals surface area contributed by atoms with Gasteiger partial charge in [-0.25, -0.2) is 0 Å². The quantitative estimate of drug-likeness (QED) is 0.840. The van der Waals surface area contributed by atoms with Crippen molar-refractivity contribution >= 4 is 17.3 Å². The largest absolute Gasteiger partial charge is 0.391 e. The highest BCUT2D eigenvalue weighted by Gasteiger charge is 2.29. The molecule has 5 heteroatoms. The SMILES string of the molecule is Cc1cc(Cl)ccc1NC(C)CC(F)(F)F. The maximum Gasteiger partial charge on any atom is 0.391 e. The van der Waals surface area contributed by atoms with Crippen LogP contribution >= 0.6 is 11.6 Å². The standard InChI is InChI=1S/C11H13ClF3N/c1-7-5-9(12)3-4-10(7)16-8(2)6-11(13,14)15/h3-5,8,16H,6H2,1-2H3. The molecule has 0 aliphatic heterocycles. The van der Waals surface area contributed by atoms with Gasteiger partial charge in [-0.05, 0) is 37.6 Å². The number of anilines is 1. The van der Waals surface area contributed by atoms with E-state index in [1.165, 1.54) is 6.92 Å². The number of nitrogens with one attached hydrogen (secondary N) is 1. The highest BCUT2D eigenvalue weighted by molar-refractivity contribution is 6.30. The maximum absolute atomic E-state index is 12.1. The fraction of sp³-hybridized carbons (Fsp3) is 0.455. The summed E-state index contributed by atoms with van der Waals surface area (Å²) in [7, 11) is 0. The zero-order valence-corrected chi connectivity index (χ0v) is 9.78. The number of hydrogen-bond donors (Lipinski definition) is 1. The molecule has 1 nitrogen and oxygen atoms in total. The number of alkyl halides is 3. The summed E-state index contributed by atoms with van der Waals surface area (Å²) >= 11 is 5.75. The first-order chi connectivity index (χ1) is 7.28. The van der Waals surface area contributed by atoms with Gasteiger partial charge in [0, 0.05) is 16.8 Å². The Bertz CT molecular complexity index is 363. The van der Waals surface area contributed by atoms with Gasteiger partial charge in [0.2, 0.25) is 0 Å². The van der Waals surface area contributed by atoms with Crippen LogP contribution in [0.3, 0.4) is 0 Å². The Hall–Kier alpha value is -0.900. The fourth-order valence-corrected chi connectivity index (χ4v) is 1.68. The van der Waals surface area contributed by atoms with Crippen LogP contribution in [0.1, 0.15) is 18.9 Å². The lowest BCUT2D eigenvalue weighted by molar-refractivity contribution is -0.136. The third kappa shape index (κ3) is 4.31. The van der Waals surface area contributed by atoms with Crippen molar-refractivity contribution in [3.63, 3.8) is 0 Å². The minimum absolute atomic E-state index is 0.575. The lowest BCUT2D eigenvalue weighted by Gasteiger charge is -2.18. The zero-order valence-electron chi connectivity index (χ0n) is 9.03. The molecule has 16 heavy (non-hydrogen) atoms. The molecule has 0 aliphatic carbocycles. The summed E-state index contributed by atoms with van der Waals surface area (Å²) in [6.07, 6.45) is -5.00. The second-order valence-electron chi connectivity index (χ2n) is 3.82. The molecular formula is C11H13ClF3N. The van der Waals surface area contributed by atoms with Crippen LogP contribution < -0.4 is 5.32 Å². The van der Waals surface area contributed by atoms with Gasteiger partial charge in [-0.15, -0.1) is 0 Å². The summed E-state index contributed by atoms with van der Waals surface area (Å²) in [6, 6.07) is 4.39. The molecule has 0 saturated heterocycles. The van der Waals surface area contributed by atoms with Crippen LogP contribution in [0.5, 0.6) is 0 Å². The Balaban J connectivity index is 2.66. The molecule has 0 bridgehead atoms. The first-order valence-corrected chi connectivity index (χ1v) is 5.25. The van der Waals surface area contributed by atoms with E-state index < -0.39 is 18.6 Å². The fourth-order valence-electron chi connectivity index (χ4n) is 1.45. The highest BCUT2D eigenvalue weighted by Crippen LogP contribution is 2.25. The Morgan fingerprint density at radius 2 is 2.00 bits per heavy atom. The van der Waals surface area contributed by atoms with E-state index in [2.05, 4.69) is 5.32 Å². The molecule has 0 spiro atoms. The van der Waals surface area contributed by atoms with Gasteiger partial charge < -0.3 is 5.32 Å². The van der Waals surface area contributed by atoms with Crippen molar-refractivity contribution in [1.29, 1.82) is 0 Å². The number of hydrogen-bond acceptors (Lipinski definition) is 1. The molecule has 1 unspecified atom stereocenters. The molecule has 0 amide bonds. The van der Waals surface area contributed by atoms with E-state index in [0.29, 0.717) is 10.7 Å². The third-order valence-corrected chi connectivity index (χ3v) is 2.36. The topological polar surface area (TPSA) is 12.0 Å². The molecule has 1 N–H and O–H groups in total. The summed E-state index contributed by atoms with van der Waals surface area (Å²) in [5.41, 5.74) is 1.52. The zero-order chi connectivity index (χ0) is 12.3. The average molecular weight is 252 g/mol. The van der Waals surface area contributed by atoms with Gasteiger partial charge in [-0.3, -0.25) is 0 Å². The number of halogens is 4. The molecule has 0 aromatic heterocycles. The van der Waals surface area contributed by atoms with Crippen LogP contribution in [0.25, 0.3) is 0 Å². The molecule has 0 saturated carbocycles. The molecule has 0 heterocycles. The van der Waals surface area contributed by atoms with E-state index in [4.69, 9.17) is 11.6 Å². The first kappa shape index (κ1) is 13.2. The molecule has 1 aromatic rings. The summed E-state index contributed by atoms with van der Waals surface area (Å²) in [5.74, 6) is 0. The summed E-state index contributed by atoms with van der Waals surface area (Å²) in [6.45, 7) is 3.30. The molecule has 1 aromatic carbocycles. The third-order valence-electron chi connectivity index (χ3n) is 2.13. The predicted molar refractivity (Wildman–Crippen MR) is 59.9 cm³/mol. The molecule has 0 aliphatic rings. The minimum atomic E-state index is -4.15. The van der Waals surface area contributed by atoms with Crippen LogP contribution in [0.15, 0.2) is 18.2 Å². The van der Waals surface area contributed by atoms with Crippen molar-refractivity contribution in [2.45, 2.75) is 32.5 Å². The van der Waals surface area contributed by atoms with Gasteiger partial charge in [0.25, 0.3) is 0 Å². The molecule has 90 valence electrons. The normalized spacial score (nSPS) is 13.6. The van der Waals surface area contributed by atoms with Gasteiger partial charge in [0.05, 0.1) is 6.42 Å². The van der Waals surface area contributed by atoms with E-state index in [1.807, 2.05) is 0 Å². The number of rotatable bonds is 3. The Morgan fingerprint density at radius 1 is 1.38 bits per heavy atom. The molecule has 1 rings (SSSR count). The molecule has 1 atom stereocenters. The second kappa shape index (κ2) is 4.95. The van der Waals surface area contributed by atoms with Crippen LogP contribution in [0, 0.1) is 6.92 Å². The predicted octanol–water partition coefficient (Wildman–Crippen LogP) is 4.40. The molecule has 0 radical (unpaired) electrons. The van der Waals surface area contributed by atoms with Crippen molar-refractivity contribution in [3.8, 4) is 0 Å². The van der Waals surface area contributed by atoms with Crippen LogP contribution in [0.4, 0.5) is 18.9 Å². The summed E-state index contributed by atoms with van der Waals surface area (Å²) in [4.78, 5) is 0. The van der Waals surface area contributed by atoms with Gasteiger partial charge >= 0.3 is 6.18 Å². The van der Waals surface area contributed by atoms with Gasteiger partial charge in [-0.2, -0.15) is 13.2 Å². The van der Waals surface area contributed by atoms with Crippen molar-refractivity contribution < 1.29 is 13.2 Å². The van der Waals surface area contributed by atoms with Gasteiger partial charge in [0.15, 0.2) is 0 Å². The Labute approximate surface area is 97.6 Å². The van der Waals surface area contributed by atoms with E-state index in [-0.39, 0.29) is 0 Å². The molecule has 0 fully saturated rings. The van der Waals surface area contributed by atoms with Gasteiger partial charge in [-0.1, -0.05) is 11.6 Å².